The van der Waals surface area contributed by atoms with Crippen LogP contribution in [0.1, 0.15) is 24.0 Å². The summed E-state index contributed by atoms with van der Waals surface area (Å²) in [6.45, 7) is 0.958. The average Bonchev–Trinajstić information content (AvgIpc) is 2.57. The summed E-state index contributed by atoms with van der Waals surface area (Å²) in [5.74, 6) is 1.63. The van der Waals surface area contributed by atoms with Crippen LogP contribution in [0.15, 0.2) is 24.0 Å². The van der Waals surface area contributed by atoms with E-state index in [9.17, 15) is 10.2 Å². The summed E-state index contributed by atoms with van der Waals surface area (Å²) >= 11 is 0. The Bertz CT molecular complexity index is 701. The minimum atomic E-state index is -0.633. The Morgan fingerprint density at radius 2 is 2.04 bits per heavy atom. The molecule has 1 saturated heterocycles. The number of aliphatic hydroxyl groups excluding tert-OH is 1. The highest BCUT2D eigenvalue weighted by Gasteiger charge is 2.56. The molecule has 0 radical (unpaired) electrons. The van der Waals surface area contributed by atoms with Crippen molar-refractivity contribution in [3.63, 3.8) is 0 Å². The summed E-state index contributed by atoms with van der Waals surface area (Å²) in [5.41, 5.74) is 1.88. The first kappa shape index (κ1) is 15.8. The second kappa shape index (κ2) is 5.39. The first-order valence-electron chi connectivity index (χ1n) is 8.55. The second-order valence-electron chi connectivity index (χ2n) is 7.33. The average molecular weight is 331 g/mol. The smallest absolute Gasteiger partial charge is 0.161 e. The zero-order valence-corrected chi connectivity index (χ0v) is 14.5. The number of aromatic hydroxyl groups is 1. The van der Waals surface area contributed by atoms with Crippen LogP contribution >= 0.6 is 0 Å². The summed E-state index contributed by atoms with van der Waals surface area (Å²) in [5, 5.41) is 21.5. The molecular weight excluding hydrogens is 306 g/mol. The van der Waals surface area contributed by atoms with Crippen LogP contribution in [0.5, 0.6) is 11.5 Å². The highest BCUT2D eigenvalue weighted by atomic mass is 16.5. The van der Waals surface area contributed by atoms with Crippen molar-refractivity contribution in [2.24, 2.45) is 5.92 Å². The Balaban J connectivity index is 1.95. The number of hydrogen-bond acceptors (Lipinski definition) is 5. The van der Waals surface area contributed by atoms with Crippen molar-refractivity contribution in [1.29, 1.82) is 0 Å². The van der Waals surface area contributed by atoms with Crippen molar-refractivity contribution < 1.29 is 19.7 Å². The minimum Gasteiger partial charge on any atom is -0.504 e. The summed E-state index contributed by atoms with van der Waals surface area (Å²) in [4.78, 5) is 2.40. The lowest BCUT2D eigenvalue weighted by Gasteiger charge is -2.57. The molecule has 0 saturated carbocycles. The Morgan fingerprint density at radius 1 is 1.25 bits per heavy atom. The molecule has 0 aromatic heterocycles. The molecular formula is C19H25NO4. The number of ether oxygens (including phenoxy) is 2. The molecule has 2 N–H and O–H groups in total. The van der Waals surface area contributed by atoms with Gasteiger partial charge in [0.15, 0.2) is 11.5 Å². The maximum atomic E-state index is 10.9. The Morgan fingerprint density at radius 3 is 2.75 bits per heavy atom. The van der Waals surface area contributed by atoms with Crippen molar-refractivity contribution in [1.82, 2.24) is 4.90 Å². The largest absolute Gasteiger partial charge is 0.504 e. The molecule has 1 heterocycles. The second-order valence-corrected chi connectivity index (χ2v) is 7.33. The van der Waals surface area contributed by atoms with E-state index in [1.807, 2.05) is 6.07 Å². The van der Waals surface area contributed by atoms with Crippen LogP contribution in [0.3, 0.4) is 0 Å². The van der Waals surface area contributed by atoms with E-state index < -0.39 is 6.10 Å². The van der Waals surface area contributed by atoms with Crippen molar-refractivity contribution in [2.45, 2.75) is 36.8 Å². The quantitative estimate of drug-likeness (QED) is 0.865. The van der Waals surface area contributed by atoms with E-state index in [2.05, 4.69) is 24.1 Å². The van der Waals surface area contributed by atoms with Gasteiger partial charge in [-0.1, -0.05) is 6.07 Å². The van der Waals surface area contributed by atoms with Gasteiger partial charge >= 0.3 is 0 Å². The lowest BCUT2D eigenvalue weighted by atomic mass is 9.53. The number of benzene rings is 1. The van der Waals surface area contributed by atoms with Gasteiger partial charge in [-0.15, -0.1) is 0 Å². The van der Waals surface area contributed by atoms with Crippen LogP contribution in [0.2, 0.25) is 0 Å². The molecule has 4 rings (SSSR count). The fraction of sp³-hybridized carbons (Fsp3) is 0.579. The molecule has 2 bridgehead atoms. The fourth-order valence-corrected chi connectivity index (χ4v) is 5.20. The molecule has 2 aliphatic carbocycles. The Hall–Kier alpha value is -1.72. The van der Waals surface area contributed by atoms with Crippen LogP contribution in [0.25, 0.3) is 0 Å². The van der Waals surface area contributed by atoms with Gasteiger partial charge in [0, 0.05) is 22.9 Å². The van der Waals surface area contributed by atoms with E-state index in [0.29, 0.717) is 24.0 Å². The molecule has 4 atom stereocenters. The van der Waals surface area contributed by atoms with Crippen LogP contribution in [-0.4, -0.2) is 55.1 Å². The molecule has 5 nitrogen and oxygen atoms in total. The normalized spacial score (nSPS) is 34.8. The van der Waals surface area contributed by atoms with E-state index >= 15 is 0 Å². The molecule has 1 aromatic rings. The molecule has 1 fully saturated rings. The first-order valence-corrected chi connectivity index (χ1v) is 8.55. The molecule has 0 spiro atoms. The van der Waals surface area contributed by atoms with Crippen LogP contribution in [0.4, 0.5) is 0 Å². The molecule has 1 aromatic carbocycles. The molecule has 1 aliphatic heterocycles. The van der Waals surface area contributed by atoms with Gasteiger partial charge in [-0.25, -0.2) is 0 Å². The standard InChI is InChI=1S/C19H25NO4/c1-20-7-6-19-10-14(21)16(24-3)9-12(19)13(20)8-11-4-5-15(23-2)18(22)17(11)19/h4-5,9,12-14,21-22H,6-8,10H2,1-3H3/t12?,13-,14+,19?/m1/s1. The topological polar surface area (TPSA) is 62.2 Å². The number of rotatable bonds is 2. The number of aliphatic hydroxyl groups is 1. The molecule has 0 amide bonds. The fourth-order valence-electron chi connectivity index (χ4n) is 5.20. The zero-order chi connectivity index (χ0) is 17.1. The number of nitrogens with zero attached hydrogens (tertiary/aromatic N) is 1. The van der Waals surface area contributed by atoms with Crippen molar-refractivity contribution >= 4 is 0 Å². The van der Waals surface area contributed by atoms with E-state index in [1.54, 1.807) is 14.2 Å². The highest BCUT2D eigenvalue weighted by molar-refractivity contribution is 5.57. The third-order valence-corrected chi connectivity index (χ3v) is 6.37. The number of piperidine rings is 1. The van der Waals surface area contributed by atoms with Gasteiger partial charge in [-0.05, 0) is 50.6 Å². The third-order valence-electron chi connectivity index (χ3n) is 6.37. The first-order chi connectivity index (χ1) is 11.5. The van der Waals surface area contributed by atoms with Crippen LogP contribution in [-0.2, 0) is 16.6 Å². The van der Waals surface area contributed by atoms with Gasteiger partial charge in [0.1, 0.15) is 11.9 Å². The number of likely N-dealkylation sites (N-methyl/N-ethyl adjacent to an activating group) is 1. The summed E-state index contributed by atoms with van der Waals surface area (Å²) in [6, 6.07) is 4.27. The SMILES string of the molecule is COC1=CC2[C@H]3Cc4ccc(OC)c(O)c4C2(CCN3C)C[C@@H]1O. The third kappa shape index (κ3) is 1.94. The lowest BCUT2D eigenvalue weighted by Crippen LogP contribution is -2.60. The predicted molar refractivity (Wildman–Crippen MR) is 90.3 cm³/mol. The summed E-state index contributed by atoms with van der Waals surface area (Å²) < 4.78 is 10.8. The molecule has 2 unspecified atom stereocenters. The van der Waals surface area contributed by atoms with E-state index in [4.69, 9.17) is 9.47 Å². The molecule has 3 aliphatic rings. The number of likely N-dealkylation sites (tertiary alicyclic amines) is 1. The van der Waals surface area contributed by atoms with Crippen LogP contribution < -0.4 is 4.74 Å². The summed E-state index contributed by atoms with van der Waals surface area (Å²) in [7, 11) is 5.35. The van der Waals surface area contributed by atoms with Gasteiger partial charge in [0.05, 0.1) is 14.2 Å². The number of phenolic OH excluding ortho intramolecular Hbond substituents is 1. The van der Waals surface area contributed by atoms with Gasteiger partial charge in [-0.3, -0.25) is 0 Å². The highest BCUT2D eigenvalue weighted by Crippen LogP contribution is 2.58. The Kier molecular flexibility index (Phi) is 3.55. The van der Waals surface area contributed by atoms with Gasteiger partial charge in [0.25, 0.3) is 0 Å². The van der Waals surface area contributed by atoms with E-state index in [0.717, 1.165) is 24.9 Å². The predicted octanol–water partition coefficient (Wildman–Crippen LogP) is 1.81. The van der Waals surface area contributed by atoms with E-state index in [1.165, 1.54) is 5.56 Å². The van der Waals surface area contributed by atoms with Gasteiger partial charge in [-0.2, -0.15) is 0 Å². The number of methoxy groups -OCH3 is 2. The van der Waals surface area contributed by atoms with Crippen molar-refractivity contribution in [2.75, 3.05) is 27.8 Å². The van der Waals surface area contributed by atoms with Crippen molar-refractivity contribution in [3.8, 4) is 11.5 Å². The maximum absolute atomic E-state index is 10.9. The number of fused-ring (bicyclic) bond motifs is 1. The monoisotopic (exact) mass is 331 g/mol. The zero-order valence-electron chi connectivity index (χ0n) is 14.5. The van der Waals surface area contributed by atoms with Gasteiger partial charge in [0.2, 0.25) is 0 Å². The molecule has 130 valence electrons. The van der Waals surface area contributed by atoms with E-state index in [-0.39, 0.29) is 17.1 Å². The van der Waals surface area contributed by atoms with Gasteiger partial charge < -0.3 is 24.6 Å². The molecule has 5 heteroatoms. The summed E-state index contributed by atoms with van der Waals surface area (Å²) in [6.07, 6.45) is 3.83. The van der Waals surface area contributed by atoms with Crippen LogP contribution in [0, 0.1) is 5.92 Å². The van der Waals surface area contributed by atoms with Crippen molar-refractivity contribution in [3.05, 3.63) is 35.1 Å². The number of hydrogen-bond donors (Lipinski definition) is 2. The number of phenols is 1. The minimum absolute atomic E-state index is 0.222. The Labute approximate surface area is 142 Å². The molecule has 24 heavy (non-hydrogen) atoms. The lowest BCUT2D eigenvalue weighted by molar-refractivity contribution is -0.00381. The maximum Gasteiger partial charge on any atom is 0.161 e.